The van der Waals surface area contributed by atoms with Gasteiger partial charge in [-0.25, -0.2) is 0 Å². The number of fused-ring (bicyclic) bond motifs is 8. The van der Waals surface area contributed by atoms with Crippen LogP contribution in [-0.4, -0.2) is 26.4 Å². The molecule has 8 bridgehead atoms. The third-order valence-corrected chi connectivity index (χ3v) is 25.9. The molecule has 0 fully saturated rings. The lowest BCUT2D eigenvalue weighted by Gasteiger charge is -2.25. The van der Waals surface area contributed by atoms with Crippen LogP contribution >= 0.6 is 0 Å². The van der Waals surface area contributed by atoms with Gasteiger partial charge in [-0.15, -0.1) is 0 Å². The lowest BCUT2D eigenvalue weighted by molar-refractivity contribution is 0.293. The van der Waals surface area contributed by atoms with Gasteiger partial charge in [-0.3, -0.25) is 0 Å². The Morgan fingerprint density at radius 3 is 0.419 bits per heavy atom. The van der Waals surface area contributed by atoms with E-state index in [1.54, 1.807) is 0 Å². The molecule has 4 nitrogen and oxygen atoms in total. The maximum absolute atomic E-state index is 7.76. The number of hydrogen-bond acceptors (Lipinski definition) is 4. The van der Waals surface area contributed by atoms with Gasteiger partial charge in [-0.2, -0.15) is 0 Å². The maximum Gasteiger partial charge on any atom is 0.126 e. The molecule has 0 N–H and O–H groups in total. The van der Waals surface area contributed by atoms with Gasteiger partial charge < -0.3 is 18.9 Å². The van der Waals surface area contributed by atoms with Crippen molar-refractivity contribution in [1.29, 1.82) is 0 Å². The summed E-state index contributed by atoms with van der Waals surface area (Å²) in [5.74, 6) is 3.90. The van der Waals surface area contributed by atoms with E-state index in [9.17, 15) is 0 Å². The molecule has 0 spiro atoms. The van der Waals surface area contributed by atoms with Crippen molar-refractivity contribution < 1.29 is 18.9 Å². The molecule has 0 heterocycles. The predicted molar refractivity (Wildman–Crippen MR) is 532 cm³/mol. The zero-order chi connectivity index (χ0) is 85.9. The number of aryl methyl sites for hydroxylation is 4. The molecule has 1 aliphatic rings. The van der Waals surface area contributed by atoms with Crippen LogP contribution in [0.1, 0.15) is 300 Å². The summed E-state index contributed by atoms with van der Waals surface area (Å²) >= 11 is 0. The van der Waals surface area contributed by atoms with E-state index in [4.69, 9.17) is 18.9 Å². The summed E-state index contributed by atoms with van der Waals surface area (Å²) < 4.78 is 31.1. The average molecular weight is 1650 g/mol. The zero-order valence-electron chi connectivity index (χ0n) is 77.0. The van der Waals surface area contributed by atoms with Crippen molar-refractivity contribution in [2.75, 3.05) is 26.4 Å². The third-order valence-electron chi connectivity index (χ3n) is 25.9. The van der Waals surface area contributed by atoms with E-state index < -0.39 is 0 Å². The number of benzene rings is 12. The third kappa shape index (κ3) is 26.9. The molecule has 0 radical (unpaired) electrons. The summed E-state index contributed by atoms with van der Waals surface area (Å²) in [6.45, 7) is 20.4. The van der Waals surface area contributed by atoms with Crippen LogP contribution in [0.2, 0.25) is 0 Å². The molecule has 12 aromatic carbocycles. The summed E-state index contributed by atoms with van der Waals surface area (Å²) in [6.07, 6.45) is 41.3. The van der Waals surface area contributed by atoms with Crippen molar-refractivity contribution in [2.24, 2.45) is 0 Å². The van der Waals surface area contributed by atoms with Crippen LogP contribution in [0.3, 0.4) is 0 Å². The summed E-state index contributed by atoms with van der Waals surface area (Å²) in [4.78, 5) is 0. The highest BCUT2D eigenvalue weighted by atomic mass is 16.5. The van der Waals surface area contributed by atoms with Gasteiger partial charge in [0.2, 0.25) is 0 Å². The molecule has 0 aromatic heterocycles. The van der Waals surface area contributed by atoms with Gasteiger partial charge >= 0.3 is 0 Å². The Morgan fingerprint density at radius 2 is 0.274 bits per heavy atom. The molecular weight excluding hydrogens is 1510 g/mol. The topological polar surface area (TPSA) is 36.9 Å². The predicted octanol–water partition coefficient (Wildman–Crippen LogP) is 35.0. The van der Waals surface area contributed by atoms with E-state index in [1.165, 1.54) is 265 Å². The fourth-order valence-electron chi connectivity index (χ4n) is 18.3. The molecule has 648 valence electrons. The van der Waals surface area contributed by atoms with Gasteiger partial charge in [0, 0.05) is 25.7 Å². The fraction of sp³-hybridized carbons (Fsp3) is 0.400. The van der Waals surface area contributed by atoms with Gasteiger partial charge in [-0.05, 0) is 235 Å². The number of unbranched alkanes of at least 4 members (excludes halogenated alkanes) is 28. The van der Waals surface area contributed by atoms with E-state index in [-0.39, 0.29) is 0 Å². The van der Waals surface area contributed by atoms with Crippen molar-refractivity contribution in [3.8, 4) is 112 Å². The molecule has 1 aliphatic carbocycles. The summed E-state index contributed by atoms with van der Waals surface area (Å²) in [5.41, 5.74) is 33.4. The minimum atomic E-state index is 0.574. The van der Waals surface area contributed by atoms with Crippen LogP contribution in [0.15, 0.2) is 243 Å². The average Bonchev–Trinajstić information content (AvgIpc) is 0.762. The second-order valence-electron chi connectivity index (χ2n) is 36.3. The lowest BCUT2D eigenvalue weighted by atomic mass is 9.86. The van der Waals surface area contributed by atoms with E-state index in [2.05, 4.69) is 298 Å². The highest BCUT2D eigenvalue weighted by molar-refractivity contribution is 5.79. The molecule has 0 saturated heterocycles. The molecule has 13 rings (SSSR count). The maximum atomic E-state index is 7.76. The van der Waals surface area contributed by atoms with E-state index in [1.807, 2.05) is 0 Å². The van der Waals surface area contributed by atoms with Gasteiger partial charge in [0.15, 0.2) is 0 Å². The van der Waals surface area contributed by atoms with Crippen molar-refractivity contribution in [3.05, 3.63) is 309 Å². The highest BCUT2D eigenvalue weighted by Crippen LogP contribution is 2.46. The molecule has 12 aromatic rings. The Morgan fingerprint density at radius 1 is 0.153 bits per heavy atom. The van der Waals surface area contributed by atoms with E-state index in [0.29, 0.717) is 52.1 Å². The van der Waals surface area contributed by atoms with Gasteiger partial charge in [-0.1, -0.05) is 424 Å². The molecule has 0 unspecified atom stereocenters. The van der Waals surface area contributed by atoms with Crippen LogP contribution in [0, 0.1) is 27.7 Å². The smallest absolute Gasteiger partial charge is 0.126 e. The Balaban J connectivity index is 1.06. The molecule has 4 heteroatoms. The first-order valence-electron chi connectivity index (χ1n) is 48.8. The second-order valence-corrected chi connectivity index (χ2v) is 36.3. The molecular formula is C120H144O4. The minimum absolute atomic E-state index is 0.574. The van der Waals surface area contributed by atoms with Crippen molar-refractivity contribution in [2.45, 2.75) is 287 Å². The molecule has 0 aliphatic heterocycles. The lowest BCUT2D eigenvalue weighted by Crippen LogP contribution is -2.11. The van der Waals surface area contributed by atoms with Crippen LogP contribution in [0.5, 0.6) is 23.0 Å². The Hall–Kier alpha value is -10.2. The monoisotopic (exact) mass is 1650 g/mol. The first-order chi connectivity index (χ1) is 61.0. The molecule has 0 saturated carbocycles. The summed E-state index contributed by atoms with van der Waals surface area (Å²) in [7, 11) is 0. The Labute approximate surface area is 748 Å². The first kappa shape index (κ1) is 91.5. The fourth-order valence-corrected chi connectivity index (χ4v) is 18.3. The molecule has 0 atom stereocenters. The Bertz CT molecular complexity index is 4430. The zero-order valence-corrected chi connectivity index (χ0v) is 77.0. The quantitative estimate of drug-likeness (QED) is 0.0356. The van der Waals surface area contributed by atoms with Gasteiger partial charge in [0.25, 0.3) is 0 Å². The van der Waals surface area contributed by atoms with Gasteiger partial charge in [0.1, 0.15) is 23.0 Å². The minimum Gasteiger partial charge on any atom is -0.493 e. The Kier molecular flexibility index (Phi) is 36.1. The normalized spacial score (nSPS) is 11.9. The van der Waals surface area contributed by atoms with Gasteiger partial charge in [0.05, 0.1) is 26.4 Å². The van der Waals surface area contributed by atoms with Crippen LogP contribution in [0.4, 0.5) is 0 Å². The standard InChI is InChI=1S/C120H144O4/c1-9-13-17-21-25-29-33-37-73-121-117-109-77-105(101-65-57-97(58-66-101)93-49-41-89(5)42-50-93)78-110(117)86-112-80-107(103-69-61-99(62-70-103)95-53-45-91(7)46-54-95)82-114(119(112)123-75-39-35-31-27-23-19-15-11-3)88-116-84-108(104-71-63-100(64-72-104)96-55-47-92(8)48-56-96)83-115(120(116)124-76-40-36-32-28-24-20-16-12-4)87-113-81-106(102-67-59-98(60-68-102)94-51-43-90(6)44-52-94)79-111(85-109)118(113)122-74-38-34-30-26-22-18-14-10-2/h41-72,77-84H,9-40,73-76,85-88H2,1-8H3. The molecule has 124 heavy (non-hydrogen) atoms. The largest absolute Gasteiger partial charge is 0.493 e. The van der Waals surface area contributed by atoms with Crippen LogP contribution < -0.4 is 18.9 Å². The summed E-state index contributed by atoms with van der Waals surface area (Å²) in [6, 6.07) is 93.3. The second kappa shape index (κ2) is 48.9. The van der Waals surface area contributed by atoms with Crippen LogP contribution in [-0.2, 0) is 25.7 Å². The van der Waals surface area contributed by atoms with Crippen LogP contribution in [0.25, 0.3) is 89.0 Å². The van der Waals surface area contributed by atoms with E-state index in [0.717, 1.165) is 119 Å². The number of ether oxygens (including phenoxy) is 4. The number of hydrogen-bond donors (Lipinski definition) is 0. The SMILES string of the molecule is CCCCCCCCCCOc1c2cc(-c3ccc(-c4ccc(C)cc4)cc3)cc1Cc1cc(-c3ccc(-c4ccc(C)cc4)cc3)cc(c1OCCCCCCCCCC)Cc1cc(-c3ccc(-c4ccc(C)cc4)cc3)cc(c1OCCCCCCCCCC)Cc1cc(-c3ccc(-c4ccc(C)cc4)cc3)cc(c1OCCCCCCCCCC)C2. The first-order valence-corrected chi connectivity index (χ1v) is 48.8. The van der Waals surface area contributed by atoms with Crippen molar-refractivity contribution in [3.63, 3.8) is 0 Å². The number of rotatable bonds is 48. The van der Waals surface area contributed by atoms with E-state index >= 15 is 0 Å². The summed E-state index contributed by atoms with van der Waals surface area (Å²) in [5, 5.41) is 0. The molecule has 0 amide bonds. The van der Waals surface area contributed by atoms with Crippen molar-refractivity contribution in [1.82, 2.24) is 0 Å². The van der Waals surface area contributed by atoms with Crippen molar-refractivity contribution >= 4 is 0 Å². The highest BCUT2D eigenvalue weighted by Gasteiger charge is 2.27.